The molecule has 0 saturated heterocycles. The molecule has 0 radical (unpaired) electrons. The Balaban J connectivity index is 2.90. The average molecular weight is 250 g/mol. The van der Waals surface area contributed by atoms with Crippen molar-refractivity contribution in [3.8, 4) is 5.75 Å². The molecule has 2 nitrogen and oxygen atoms in total. The Kier molecular flexibility index (Phi) is 4.80. The van der Waals surface area contributed by atoms with Crippen molar-refractivity contribution in [3.05, 3.63) is 29.3 Å². The molecule has 1 rings (SSSR count). The van der Waals surface area contributed by atoms with Crippen LogP contribution in [0.5, 0.6) is 5.75 Å². The van der Waals surface area contributed by atoms with Crippen LogP contribution in [-0.2, 0) is 5.41 Å². The van der Waals surface area contributed by atoms with Crippen LogP contribution in [0.2, 0.25) is 0 Å². The van der Waals surface area contributed by atoms with E-state index in [2.05, 4.69) is 39.8 Å². The summed E-state index contributed by atoms with van der Waals surface area (Å²) in [7, 11) is 0. The molecular weight excluding hydrogens is 224 g/mol. The van der Waals surface area contributed by atoms with Crippen molar-refractivity contribution in [2.75, 3.05) is 6.61 Å². The number of aliphatic hydroxyl groups excluding tert-OH is 1. The van der Waals surface area contributed by atoms with Gasteiger partial charge in [0, 0.05) is 0 Å². The highest BCUT2D eigenvalue weighted by molar-refractivity contribution is 5.41. The Morgan fingerprint density at radius 1 is 1.22 bits per heavy atom. The highest BCUT2D eigenvalue weighted by atomic mass is 16.5. The third-order valence-corrected chi connectivity index (χ3v) is 3.12. The first-order valence-corrected chi connectivity index (χ1v) is 6.64. The molecule has 0 spiro atoms. The number of hydrogen-bond donors (Lipinski definition) is 1. The van der Waals surface area contributed by atoms with E-state index in [0.717, 1.165) is 5.75 Å². The molecule has 0 heterocycles. The van der Waals surface area contributed by atoms with Crippen molar-refractivity contribution < 1.29 is 9.84 Å². The predicted octanol–water partition coefficient (Wildman–Crippen LogP) is 3.69. The molecule has 0 bridgehead atoms. The minimum absolute atomic E-state index is 0.0474. The smallest absolute Gasteiger partial charge is 0.123 e. The van der Waals surface area contributed by atoms with Crippen LogP contribution in [0.1, 0.15) is 45.7 Å². The summed E-state index contributed by atoms with van der Waals surface area (Å²) >= 11 is 0. The first-order valence-electron chi connectivity index (χ1n) is 6.64. The first-order chi connectivity index (χ1) is 8.21. The van der Waals surface area contributed by atoms with Crippen LogP contribution < -0.4 is 4.74 Å². The molecule has 0 amide bonds. The van der Waals surface area contributed by atoms with Gasteiger partial charge in [-0.15, -0.1) is 0 Å². The molecule has 1 N–H and O–H groups in total. The molecule has 0 aromatic heterocycles. The van der Waals surface area contributed by atoms with Gasteiger partial charge in [-0.25, -0.2) is 0 Å². The van der Waals surface area contributed by atoms with Crippen molar-refractivity contribution in [2.24, 2.45) is 5.92 Å². The summed E-state index contributed by atoms with van der Waals surface area (Å²) in [6, 6.07) is 6.27. The van der Waals surface area contributed by atoms with Crippen molar-refractivity contribution in [1.82, 2.24) is 0 Å². The lowest BCUT2D eigenvalue weighted by Crippen LogP contribution is -2.24. The normalized spacial score (nSPS) is 13.8. The minimum Gasteiger partial charge on any atom is -0.491 e. The van der Waals surface area contributed by atoms with Gasteiger partial charge in [-0.2, -0.15) is 0 Å². The fourth-order valence-electron chi connectivity index (χ4n) is 1.74. The van der Waals surface area contributed by atoms with Crippen LogP contribution >= 0.6 is 0 Å². The summed E-state index contributed by atoms with van der Waals surface area (Å²) < 4.78 is 5.82. The van der Waals surface area contributed by atoms with Gasteiger partial charge in [0.15, 0.2) is 0 Å². The zero-order valence-corrected chi connectivity index (χ0v) is 12.4. The SMILES string of the molecule is Cc1ccc(C(C)(C)C)c(OCC(O)C(C)C)c1. The quantitative estimate of drug-likeness (QED) is 0.883. The van der Waals surface area contributed by atoms with E-state index >= 15 is 0 Å². The van der Waals surface area contributed by atoms with Gasteiger partial charge in [0.2, 0.25) is 0 Å². The number of aliphatic hydroxyl groups is 1. The van der Waals surface area contributed by atoms with Gasteiger partial charge < -0.3 is 9.84 Å². The van der Waals surface area contributed by atoms with Crippen LogP contribution in [0.3, 0.4) is 0 Å². The Labute approximate surface area is 111 Å². The molecule has 1 atom stereocenters. The Hall–Kier alpha value is -1.02. The Morgan fingerprint density at radius 2 is 1.83 bits per heavy atom. The zero-order valence-electron chi connectivity index (χ0n) is 12.4. The second kappa shape index (κ2) is 5.75. The van der Waals surface area contributed by atoms with Gasteiger partial charge in [-0.3, -0.25) is 0 Å². The Morgan fingerprint density at radius 3 is 2.33 bits per heavy atom. The molecule has 2 heteroatoms. The summed E-state index contributed by atoms with van der Waals surface area (Å²) in [5, 5.41) is 9.83. The van der Waals surface area contributed by atoms with E-state index in [0.29, 0.717) is 6.61 Å². The summed E-state index contributed by atoms with van der Waals surface area (Å²) in [6.45, 7) is 12.9. The van der Waals surface area contributed by atoms with E-state index in [4.69, 9.17) is 4.74 Å². The standard InChI is InChI=1S/C16H26O2/c1-11(2)14(17)10-18-15-9-12(3)7-8-13(15)16(4,5)6/h7-9,11,14,17H,10H2,1-6H3. The molecule has 102 valence electrons. The lowest BCUT2D eigenvalue weighted by atomic mass is 9.86. The van der Waals surface area contributed by atoms with E-state index in [1.54, 1.807) is 0 Å². The summed E-state index contributed by atoms with van der Waals surface area (Å²) in [6.07, 6.45) is -0.418. The van der Waals surface area contributed by atoms with Crippen molar-refractivity contribution in [2.45, 2.75) is 53.1 Å². The fourth-order valence-corrected chi connectivity index (χ4v) is 1.74. The van der Waals surface area contributed by atoms with Crippen molar-refractivity contribution in [1.29, 1.82) is 0 Å². The maximum atomic E-state index is 9.83. The average Bonchev–Trinajstić information content (AvgIpc) is 2.23. The van der Waals surface area contributed by atoms with Crippen LogP contribution in [0.25, 0.3) is 0 Å². The van der Waals surface area contributed by atoms with Crippen molar-refractivity contribution >= 4 is 0 Å². The second-order valence-corrected chi connectivity index (χ2v) is 6.37. The molecule has 1 unspecified atom stereocenters. The monoisotopic (exact) mass is 250 g/mol. The fraction of sp³-hybridized carbons (Fsp3) is 0.625. The molecule has 1 aromatic rings. The lowest BCUT2D eigenvalue weighted by Gasteiger charge is -2.24. The van der Waals surface area contributed by atoms with Crippen LogP contribution in [0.4, 0.5) is 0 Å². The molecule has 1 aromatic carbocycles. The van der Waals surface area contributed by atoms with E-state index < -0.39 is 6.10 Å². The number of rotatable bonds is 4. The van der Waals surface area contributed by atoms with E-state index in [9.17, 15) is 5.11 Å². The minimum atomic E-state index is -0.418. The molecule has 0 aliphatic carbocycles. The zero-order chi connectivity index (χ0) is 13.9. The molecule has 0 aliphatic rings. The van der Waals surface area contributed by atoms with Gasteiger partial charge in [0.05, 0.1) is 6.10 Å². The third kappa shape index (κ3) is 4.02. The van der Waals surface area contributed by atoms with Gasteiger partial charge in [-0.1, -0.05) is 46.8 Å². The van der Waals surface area contributed by atoms with E-state index in [-0.39, 0.29) is 11.3 Å². The highest BCUT2D eigenvalue weighted by Gasteiger charge is 2.20. The number of aryl methyl sites for hydroxylation is 1. The maximum absolute atomic E-state index is 9.83. The first kappa shape index (κ1) is 15.0. The maximum Gasteiger partial charge on any atom is 0.123 e. The van der Waals surface area contributed by atoms with Crippen molar-refractivity contribution in [3.63, 3.8) is 0 Å². The lowest BCUT2D eigenvalue weighted by molar-refractivity contribution is 0.0693. The van der Waals surface area contributed by atoms with Gasteiger partial charge in [0.25, 0.3) is 0 Å². The predicted molar refractivity (Wildman–Crippen MR) is 76.2 cm³/mol. The topological polar surface area (TPSA) is 29.5 Å². The second-order valence-electron chi connectivity index (χ2n) is 6.37. The number of hydrogen-bond acceptors (Lipinski definition) is 2. The van der Waals surface area contributed by atoms with Gasteiger partial charge >= 0.3 is 0 Å². The van der Waals surface area contributed by atoms with Crippen LogP contribution in [-0.4, -0.2) is 17.8 Å². The largest absolute Gasteiger partial charge is 0.491 e. The molecule has 0 aliphatic heterocycles. The van der Waals surface area contributed by atoms with E-state index in [1.165, 1.54) is 11.1 Å². The summed E-state index contributed by atoms with van der Waals surface area (Å²) in [5.74, 6) is 1.11. The highest BCUT2D eigenvalue weighted by Crippen LogP contribution is 2.32. The Bertz CT molecular complexity index is 389. The van der Waals surface area contributed by atoms with Crippen LogP contribution in [0.15, 0.2) is 18.2 Å². The number of benzene rings is 1. The number of ether oxygens (including phenoxy) is 1. The third-order valence-electron chi connectivity index (χ3n) is 3.12. The summed E-state index contributed by atoms with van der Waals surface area (Å²) in [4.78, 5) is 0. The molecule has 18 heavy (non-hydrogen) atoms. The molecule has 0 fully saturated rings. The summed E-state index contributed by atoms with van der Waals surface area (Å²) in [5.41, 5.74) is 2.41. The van der Waals surface area contributed by atoms with E-state index in [1.807, 2.05) is 19.9 Å². The van der Waals surface area contributed by atoms with Gasteiger partial charge in [-0.05, 0) is 35.4 Å². The molecule has 0 saturated carbocycles. The molecular formula is C16H26O2. The van der Waals surface area contributed by atoms with Gasteiger partial charge in [0.1, 0.15) is 12.4 Å². The van der Waals surface area contributed by atoms with Crippen LogP contribution in [0, 0.1) is 12.8 Å².